The summed E-state index contributed by atoms with van der Waals surface area (Å²) in [4.78, 5) is 22.2. The Morgan fingerprint density at radius 2 is 1.92 bits per heavy atom. The van der Waals surface area contributed by atoms with E-state index < -0.39 is 0 Å². The maximum Gasteiger partial charge on any atom is 0.227 e. The molecule has 1 aliphatic heterocycles. The molecule has 8 nitrogen and oxygen atoms in total. The third-order valence-corrected chi connectivity index (χ3v) is 6.61. The molecule has 3 heterocycles. The molecule has 10 heteroatoms. The number of hydrogen-bond donors (Lipinski definition) is 2. The molecular weight excluding hydrogens is 503 g/mol. The monoisotopic (exact) mass is 534 g/mol. The number of para-hydroxylation sites is 1. The van der Waals surface area contributed by atoms with Crippen LogP contribution in [0, 0.1) is 12.8 Å². The van der Waals surface area contributed by atoms with E-state index in [1.807, 2.05) is 43.3 Å². The number of anilines is 1. The Labute approximate surface area is 223 Å². The lowest BCUT2D eigenvalue weighted by Gasteiger charge is -2.35. The van der Waals surface area contributed by atoms with Gasteiger partial charge < -0.3 is 24.8 Å². The molecule has 1 amide bonds. The minimum atomic E-state index is -0.115. The van der Waals surface area contributed by atoms with Gasteiger partial charge in [-0.3, -0.25) is 14.8 Å². The van der Waals surface area contributed by atoms with Crippen LogP contribution in [0.1, 0.15) is 30.7 Å². The lowest BCUT2D eigenvalue weighted by atomic mass is 9.83. The quantitative estimate of drug-likeness (QED) is 0.481. The van der Waals surface area contributed by atoms with Gasteiger partial charge in [0, 0.05) is 42.8 Å². The summed E-state index contributed by atoms with van der Waals surface area (Å²) in [6, 6.07) is 11.9. The molecule has 2 aliphatic rings. The predicted molar refractivity (Wildman–Crippen MR) is 144 cm³/mol. The number of halogens is 2. The van der Waals surface area contributed by atoms with Crippen LogP contribution in [0.5, 0.6) is 11.5 Å². The van der Waals surface area contributed by atoms with Crippen molar-refractivity contribution in [1.29, 1.82) is 0 Å². The van der Waals surface area contributed by atoms with E-state index in [0.29, 0.717) is 31.9 Å². The van der Waals surface area contributed by atoms with Crippen LogP contribution in [0.15, 0.2) is 42.6 Å². The molecule has 1 saturated carbocycles. The van der Waals surface area contributed by atoms with Gasteiger partial charge in [0.1, 0.15) is 13.2 Å². The van der Waals surface area contributed by atoms with Crippen LogP contribution in [-0.2, 0) is 16.1 Å². The van der Waals surface area contributed by atoms with Gasteiger partial charge in [-0.1, -0.05) is 18.2 Å². The number of aryl methyl sites for hydroxylation is 1. The smallest absolute Gasteiger partial charge is 0.227 e. The largest absolute Gasteiger partial charge is 0.486 e. The fourth-order valence-corrected chi connectivity index (χ4v) is 4.76. The SMILES string of the molecule is CO[C@@H]1C[C@H](C(=O)Nc2cccc3ccc(C)nc23)CC[C@H]1NCc1cc2c(cn1)OCCO2.Cl.Cl. The highest BCUT2D eigenvalue weighted by Gasteiger charge is 2.34. The van der Waals surface area contributed by atoms with E-state index in [-0.39, 0.29) is 48.8 Å². The van der Waals surface area contributed by atoms with Crippen LogP contribution in [0.25, 0.3) is 10.9 Å². The molecule has 194 valence electrons. The Kier molecular flexibility index (Phi) is 9.73. The van der Waals surface area contributed by atoms with Gasteiger partial charge in [-0.2, -0.15) is 0 Å². The van der Waals surface area contributed by atoms with Gasteiger partial charge >= 0.3 is 0 Å². The van der Waals surface area contributed by atoms with E-state index in [0.717, 1.165) is 46.6 Å². The average molecular weight is 535 g/mol. The van der Waals surface area contributed by atoms with Gasteiger partial charge in [-0.15, -0.1) is 24.8 Å². The van der Waals surface area contributed by atoms with E-state index in [9.17, 15) is 4.79 Å². The Morgan fingerprint density at radius 1 is 1.11 bits per heavy atom. The highest BCUT2D eigenvalue weighted by molar-refractivity contribution is 6.01. The second kappa shape index (κ2) is 12.5. The Bertz CT molecular complexity index is 1200. The number of benzene rings is 1. The number of rotatable bonds is 6. The van der Waals surface area contributed by atoms with Crippen LogP contribution in [0.2, 0.25) is 0 Å². The molecule has 2 N–H and O–H groups in total. The molecule has 0 radical (unpaired) electrons. The molecule has 36 heavy (non-hydrogen) atoms. The van der Waals surface area contributed by atoms with Gasteiger partial charge in [-0.05, 0) is 38.3 Å². The third kappa shape index (κ3) is 6.18. The Morgan fingerprint density at radius 3 is 2.72 bits per heavy atom. The van der Waals surface area contributed by atoms with Gasteiger partial charge in [0.05, 0.1) is 29.2 Å². The van der Waals surface area contributed by atoms with Crippen LogP contribution in [-0.4, -0.2) is 48.3 Å². The van der Waals surface area contributed by atoms with E-state index in [2.05, 4.69) is 20.6 Å². The molecule has 0 bridgehead atoms. The maximum absolute atomic E-state index is 13.1. The number of carbonyl (C=O) groups excluding carboxylic acids is 1. The van der Waals surface area contributed by atoms with Crippen LogP contribution in [0.3, 0.4) is 0 Å². The predicted octanol–water partition coefficient (Wildman–Crippen LogP) is 4.47. The third-order valence-electron chi connectivity index (χ3n) is 6.61. The molecular formula is C26H32Cl2N4O4. The van der Waals surface area contributed by atoms with Crippen molar-refractivity contribution in [1.82, 2.24) is 15.3 Å². The summed E-state index contributed by atoms with van der Waals surface area (Å²) in [5.41, 5.74) is 3.39. The highest BCUT2D eigenvalue weighted by atomic mass is 35.5. The molecule has 3 aromatic rings. The van der Waals surface area contributed by atoms with Crippen molar-refractivity contribution >= 4 is 47.3 Å². The fraction of sp³-hybridized carbons (Fsp3) is 0.423. The summed E-state index contributed by atoms with van der Waals surface area (Å²) in [5.74, 6) is 1.33. The minimum Gasteiger partial charge on any atom is -0.486 e. The first-order valence-corrected chi connectivity index (χ1v) is 11.8. The number of methoxy groups -OCH3 is 1. The Hall–Kier alpha value is -2.65. The summed E-state index contributed by atoms with van der Waals surface area (Å²) in [5, 5.41) is 7.69. The number of nitrogens with one attached hydrogen (secondary N) is 2. The highest BCUT2D eigenvalue weighted by Crippen LogP contribution is 2.31. The van der Waals surface area contributed by atoms with Crippen molar-refractivity contribution in [3.63, 3.8) is 0 Å². The summed E-state index contributed by atoms with van der Waals surface area (Å²) in [6.45, 7) is 3.65. The average Bonchev–Trinajstić information content (AvgIpc) is 2.87. The number of carbonyl (C=O) groups is 1. The number of aromatic nitrogens is 2. The number of nitrogens with zero attached hydrogens (tertiary/aromatic N) is 2. The van der Waals surface area contributed by atoms with Gasteiger partial charge in [0.25, 0.3) is 0 Å². The zero-order chi connectivity index (χ0) is 23.5. The molecule has 0 saturated heterocycles. The van der Waals surface area contributed by atoms with Crippen molar-refractivity contribution in [2.75, 3.05) is 25.6 Å². The minimum absolute atomic E-state index is 0. The number of fused-ring (bicyclic) bond motifs is 2. The summed E-state index contributed by atoms with van der Waals surface area (Å²) in [7, 11) is 1.71. The number of hydrogen-bond acceptors (Lipinski definition) is 7. The van der Waals surface area contributed by atoms with E-state index in [4.69, 9.17) is 14.2 Å². The zero-order valence-corrected chi connectivity index (χ0v) is 22.0. The first kappa shape index (κ1) is 27.9. The standard InChI is InChI=1S/C26H30N4O4.2ClH/c1-16-6-7-17-4-3-5-21(25(17)29-16)30-26(31)18-8-9-20(22(12-18)32-2)28-14-19-13-23-24(15-27-19)34-11-10-33-23;;/h3-7,13,15,18,20,22,28H,8-12,14H2,1-2H3,(H,30,31);2*1H/t18-,20-,22-;;/m1../s1. The normalized spacial score (nSPS) is 20.7. The van der Waals surface area contributed by atoms with Crippen LogP contribution >= 0.6 is 24.8 Å². The first-order chi connectivity index (χ1) is 16.6. The second-order valence-electron chi connectivity index (χ2n) is 8.91. The molecule has 5 rings (SSSR count). The molecule has 1 aliphatic carbocycles. The van der Waals surface area contributed by atoms with E-state index >= 15 is 0 Å². The molecule has 0 spiro atoms. The van der Waals surface area contributed by atoms with Crippen molar-refractivity contribution in [2.45, 2.75) is 44.9 Å². The topological polar surface area (TPSA) is 94.6 Å². The molecule has 1 aromatic carbocycles. The lowest BCUT2D eigenvalue weighted by Crippen LogP contribution is -2.47. The number of amides is 1. The van der Waals surface area contributed by atoms with Crippen molar-refractivity contribution in [2.24, 2.45) is 5.92 Å². The lowest BCUT2D eigenvalue weighted by molar-refractivity contribution is -0.122. The molecule has 0 unspecified atom stereocenters. The van der Waals surface area contributed by atoms with Gasteiger partial charge in [-0.25, -0.2) is 0 Å². The van der Waals surface area contributed by atoms with Gasteiger partial charge in [0.2, 0.25) is 5.91 Å². The Balaban J connectivity index is 0.00000180. The zero-order valence-electron chi connectivity index (χ0n) is 20.4. The fourth-order valence-electron chi connectivity index (χ4n) is 4.76. The summed E-state index contributed by atoms with van der Waals surface area (Å²) >= 11 is 0. The van der Waals surface area contributed by atoms with Crippen molar-refractivity contribution in [3.8, 4) is 11.5 Å². The number of ether oxygens (including phenoxy) is 3. The molecule has 2 aromatic heterocycles. The summed E-state index contributed by atoms with van der Waals surface area (Å²) in [6.07, 6.45) is 3.94. The van der Waals surface area contributed by atoms with Gasteiger partial charge in [0.15, 0.2) is 11.5 Å². The number of pyridine rings is 2. The van der Waals surface area contributed by atoms with E-state index in [1.165, 1.54) is 0 Å². The summed E-state index contributed by atoms with van der Waals surface area (Å²) < 4.78 is 17.0. The van der Waals surface area contributed by atoms with E-state index in [1.54, 1.807) is 13.3 Å². The molecule has 1 fully saturated rings. The van der Waals surface area contributed by atoms with Crippen LogP contribution in [0.4, 0.5) is 5.69 Å². The molecule has 3 atom stereocenters. The second-order valence-corrected chi connectivity index (χ2v) is 8.91. The first-order valence-electron chi connectivity index (χ1n) is 11.8. The van der Waals surface area contributed by atoms with Crippen molar-refractivity contribution < 1.29 is 19.0 Å². The maximum atomic E-state index is 13.1. The van der Waals surface area contributed by atoms with Crippen molar-refractivity contribution in [3.05, 3.63) is 54.0 Å². The van der Waals surface area contributed by atoms with Crippen LogP contribution < -0.4 is 20.1 Å².